The van der Waals surface area contributed by atoms with Crippen molar-refractivity contribution in [1.82, 2.24) is 16.0 Å². The SMILES string of the molecule is CC(C)(C)OC(=O)NCCOCCOCCOCCOCCC(=O)NCCCC[C@H](NC(=O)OCC1c2ccccc2-c2ccccc21)C(=O)O. The predicted octanol–water partition coefficient (Wildman–Crippen LogP) is 4.25. The molecule has 2 aromatic carbocycles. The zero-order chi connectivity index (χ0) is 36.9. The number of hydrogen-bond acceptors (Lipinski definition) is 10. The third-order valence-electron chi connectivity index (χ3n) is 7.68. The lowest BCUT2D eigenvalue weighted by Gasteiger charge is -2.19. The number of carbonyl (C=O) groups excluding carboxylic acids is 3. The van der Waals surface area contributed by atoms with Gasteiger partial charge in [-0.25, -0.2) is 14.4 Å². The largest absolute Gasteiger partial charge is 0.480 e. The second-order valence-electron chi connectivity index (χ2n) is 12.8. The molecule has 0 unspecified atom stereocenters. The van der Waals surface area contributed by atoms with E-state index >= 15 is 0 Å². The topological polar surface area (TPSA) is 180 Å². The van der Waals surface area contributed by atoms with Gasteiger partial charge in [0, 0.05) is 25.4 Å². The van der Waals surface area contributed by atoms with Gasteiger partial charge in [-0.2, -0.15) is 0 Å². The number of carboxylic acids is 1. The fraction of sp³-hybridized carbons (Fsp3) is 0.568. The van der Waals surface area contributed by atoms with Crippen molar-refractivity contribution in [2.24, 2.45) is 0 Å². The smallest absolute Gasteiger partial charge is 0.407 e. The molecule has 282 valence electrons. The lowest BCUT2D eigenvalue weighted by molar-refractivity contribution is -0.139. The second-order valence-corrected chi connectivity index (χ2v) is 12.8. The Morgan fingerprint density at radius 2 is 1.25 bits per heavy atom. The van der Waals surface area contributed by atoms with E-state index in [1.807, 2.05) is 48.5 Å². The highest BCUT2D eigenvalue weighted by Crippen LogP contribution is 2.44. The fourth-order valence-electron chi connectivity index (χ4n) is 5.30. The van der Waals surface area contributed by atoms with Gasteiger partial charge in [-0.15, -0.1) is 0 Å². The summed E-state index contributed by atoms with van der Waals surface area (Å²) in [4.78, 5) is 47.9. The molecule has 1 aliphatic carbocycles. The van der Waals surface area contributed by atoms with E-state index in [0.29, 0.717) is 72.2 Å². The number of benzene rings is 2. The van der Waals surface area contributed by atoms with E-state index in [2.05, 4.69) is 16.0 Å². The Morgan fingerprint density at radius 3 is 1.82 bits per heavy atom. The molecule has 0 heterocycles. The van der Waals surface area contributed by atoms with Crippen LogP contribution in [-0.2, 0) is 38.0 Å². The summed E-state index contributed by atoms with van der Waals surface area (Å²) in [7, 11) is 0. The van der Waals surface area contributed by atoms with Crippen LogP contribution in [0.3, 0.4) is 0 Å². The van der Waals surface area contributed by atoms with E-state index in [0.717, 1.165) is 22.3 Å². The lowest BCUT2D eigenvalue weighted by atomic mass is 9.98. The summed E-state index contributed by atoms with van der Waals surface area (Å²) in [5.74, 6) is -1.43. The van der Waals surface area contributed by atoms with Crippen LogP contribution in [0.5, 0.6) is 0 Å². The zero-order valence-corrected chi connectivity index (χ0v) is 29.9. The van der Waals surface area contributed by atoms with Crippen LogP contribution in [0.1, 0.15) is 63.5 Å². The number of amides is 3. The number of carboxylic acid groups (broad SMARTS) is 1. The summed E-state index contributed by atoms with van der Waals surface area (Å²) >= 11 is 0. The molecule has 14 nitrogen and oxygen atoms in total. The standard InChI is InChI=1S/C37H53N3O11/c1-37(2,3)51-35(44)39-17-19-47-21-23-49-25-24-48-22-20-46-18-15-33(41)38-16-9-8-14-32(34(42)43)40-36(45)50-26-31-29-12-6-4-10-27(29)28-11-5-7-13-30(28)31/h4-7,10-13,31-32H,8-9,14-26H2,1-3H3,(H,38,41)(H,39,44)(H,40,45)(H,42,43)/t32-/m0/s1. The molecule has 51 heavy (non-hydrogen) atoms. The van der Waals surface area contributed by atoms with Crippen molar-refractivity contribution in [3.8, 4) is 11.1 Å². The summed E-state index contributed by atoms with van der Waals surface area (Å²) < 4.78 is 32.3. The maximum atomic E-state index is 12.5. The van der Waals surface area contributed by atoms with Crippen LogP contribution >= 0.6 is 0 Å². The molecule has 0 aromatic heterocycles. The Bertz CT molecular complexity index is 1340. The predicted molar refractivity (Wildman–Crippen MR) is 189 cm³/mol. The van der Waals surface area contributed by atoms with Crippen LogP contribution in [0.2, 0.25) is 0 Å². The molecule has 14 heteroatoms. The maximum Gasteiger partial charge on any atom is 0.407 e. The third kappa shape index (κ3) is 16.1. The Hall–Kier alpha value is -4.24. The van der Waals surface area contributed by atoms with E-state index in [1.54, 1.807) is 20.8 Å². The molecule has 0 bridgehead atoms. The van der Waals surface area contributed by atoms with Gasteiger partial charge < -0.3 is 49.5 Å². The summed E-state index contributed by atoms with van der Waals surface area (Å²) in [6.07, 6.45) is 0.174. The molecular formula is C37H53N3O11. The van der Waals surface area contributed by atoms with Crippen molar-refractivity contribution in [2.75, 3.05) is 72.6 Å². The van der Waals surface area contributed by atoms with Crippen molar-refractivity contribution in [1.29, 1.82) is 0 Å². The minimum atomic E-state index is -1.14. The van der Waals surface area contributed by atoms with Crippen LogP contribution in [0, 0.1) is 0 Å². The highest BCUT2D eigenvalue weighted by Gasteiger charge is 2.29. The number of rotatable bonds is 24. The minimum Gasteiger partial charge on any atom is -0.480 e. The normalized spacial score (nSPS) is 12.8. The first-order valence-corrected chi connectivity index (χ1v) is 17.4. The van der Waals surface area contributed by atoms with Gasteiger partial charge in [0.25, 0.3) is 0 Å². The number of unbranched alkanes of at least 4 members (excludes halogenated alkanes) is 1. The third-order valence-corrected chi connectivity index (χ3v) is 7.68. The van der Waals surface area contributed by atoms with E-state index in [-0.39, 0.29) is 37.9 Å². The molecule has 1 atom stereocenters. The van der Waals surface area contributed by atoms with Gasteiger partial charge in [0.1, 0.15) is 18.2 Å². The first kappa shape index (κ1) is 41.2. The van der Waals surface area contributed by atoms with Gasteiger partial charge in [-0.3, -0.25) is 4.79 Å². The van der Waals surface area contributed by atoms with Gasteiger partial charge in [0.2, 0.25) is 5.91 Å². The molecular weight excluding hydrogens is 662 g/mol. The molecule has 2 aromatic rings. The Kier molecular flexibility index (Phi) is 18.2. The molecule has 0 saturated carbocycles. The number of carbonyl (C=O) groups is 4. The van der Waals surface area contributed by atoms with E-state index in [4.69, 9.17) is 28.4 Å². The second kappa shape index (κ2) is 22.6. The number of ether oxygens (including phenoxy) is 6. The van der Waals surface area contributed by atoms with Crippen molar-refractivity contribution in [2.45, 2.75) is 64.0 Å². The lowest BCUT2D eigenvalue weighted by Crippen LogP contribution is -2.41. The van der Waals surface area contributed by atoms with Crippen LogP contribution in [-0.4, -0.2) is 113 Å². The first-order valence-electron chi connectivity index (χ1n) is 17.4. The van der Waals surface area contributed by atoms with Crippen LogP contribution in [0.25, 0.3) is 11.1 Å². The van der Waals surface area contributed by atoms with Gasteiger partial charge in [0.05, 0.1) is 52.9 Å². The molecule has 3 rings (SSSR count). The maximum absolute atomic E-state index is 12.5. The van der Waals surface area contributed by atoms with Gasteiger partial charge in [-0.1, -0.05) is 48.5 Å². The molecule has 3 amide bonds. The Morgan fingerprint density at radius 1 is 0.706 bits per heavy atom. The van der Waals surface area contributed by atoms with Crippen LogP contribution in [0.4, 0.5) is 9.59 Å². The quantitative estimate of drug-likeness (QED) is 0.114. The van der Waals surface area contributed by atoms with Crippen molar-refractivity contribution < 1.29 is 52.7 Å². The number of hydrogen-bond donors (Lipinski definition) is 4. The summed E-state index contributed by atoms with van der Waals surface area (Å²) in [6.45, 7) is 9.13. The van der Waals surface area contributed by atoms with Gasteiger partial charge >= 0.3 is 18.2 Å². The Balaban J connectivity index is 1.12. The molecule has 4 N–H and O–H groups in total. The summed E-state index contributed by atoms with van der Waals surface area (Å²) in [5, 5.41) is 17.5. The number of nitrogens with one attached hydrogen (secondary N) is 3. The van der Waals surface area contributed by atoms with E-state index in [9.17, 15) is 24.3 Å². The fourth-order valence-corrected chi connectivity index (χ4v) is 5.30. The Labute approximate surface area is 299 Å². The van der Waals surface area contributed by atoms with Crippen molar-refractivity contribution >= 4 is 24.1 Å². The highest BCUT2D eigenvalue weighted by atomic mass is 16.6. The molecule has 1 aliphatic rings. The first-order chi connectivity index (χ1) is 24.5. The molecule has 0 fully saturated rings. The van der Waals surface area contributed by atoms with Crippen molar-refractivity contribution in [3.05, 3.63) is 59.7 Å². The molecule has 0 aliphatic heterocycles. The van der Waals surface area contributed by atoms with Crippen molar-refractivity contribution in [3.63, 3.8) is 0 Å². The monoisotopic (exact) mass is 715 g/mol. The van der Waals surface area contributed by atoms with Crippen LogP contribution < -0.4 is 16.0 Å². The van der Waals surface area contributed by atoms with Gasteiger partial charge in [0.15, 0.2) is 0 Å². The van der Waals surface area contributed by atoms with E-state index < -0.39 is 29.8 Å². The minimum absolute atomic E-state index is 0.0986. The highest BCUT2D eigenvalue weighted by molar-refractivity contribution is 5.81. The number of aliphatic carboxylic acids is 1. The number of fused-ring (bicyclic) bond motifs is 3. The summed E-state index contributed by atoms with van der Waals surface area (Å²) in [6, 6.07) is 14.9. The molecule has 0 saturated heterocycles. The molecule has 0 spiro atoms. The zero-order valence-electron chi connectivity index (χ0n) is 29.9. The number of alkyl carbamates (subject to hydrolysis) is 2. The van der Waals surface area contributed by atoms with E-state index in [1.165, 1.54) is 0 Å². The summed E-state index contributed by atoms with van der Waals surface area (Å²) in [5.41, 5.74) is 3.83. The van der Waals surface area contributed by atoms with Crippen LogP contribution in [0.15, 0.2) is 48.5 Å². The average Bonchev–Trinajstić information content (AvgIpc) is 3.41. The molecule has 0 radical (unpaired) electrons. The average molecular weight is 716 g/mol. The van der Waals surface area contributed by atoms with Gasteiger partial charge in [-0.05, 0) is 62.3 Å².